The molecule has 1 aromatic rings. The number of hydrazine groups is 1. The highest BCUT2D eigenvalue weighted by molar-refractivity contribution is 5.78. The number of amides is 1. The molecule has 0 radical (unpaired) electrons. The number of hydrogen-bond donors (Lipinski definition) is 2. The van der Waals surface area contributed by atoms with Crippen LogP contribution in [0.3, 0.4) is 0 Å². The normalized spacial score (nSPS) is 12.9. The van der Waals surface area contributed by atoms with Gasteiger partial charge in [0.1, 0.15) is 17.0 Å². The Bertz CT molecular complexity index is 600. The van der Waals surface area contributed by atoms with Gasteiger partial charge in [-0.2, -0.15) is 0 Å². The molecule has 0 unspecified atom stereocenters. The van der Waals surface area contributed by atoms with E-state index >= 15 is 0 Å². The number of rotatable bonds is 6. The third-order valence-corrected chi connectivity index (χ3v) is 3.09. The van der Waals surface area contributed by atoms with E-state index in [-0.39, 0.29) is 12.1 Å². The topological polar surface area (TPSA) is 85.9 Å². The van der Waals surface area contributed by atoms with E-state index < -0.39 is 23.6 Å². The Kier molecular flexibility index (Phi) is 7.44. The summed E-state index contributed by atoms with van der Waals surface area (Å²) in [6.45, 7) is 11.4. The Morgan fingerprint density at radius 3 is 2.04 bits per heavy atom. The fraction of sp³-hybridized carbons (Fsp3) is 0.579. The minimum absolute atomic E-state index is 0.158. The van der Waals surface area contributed by atoms with Gasteiger partial charge in [0.25, 0.3) is 0 Å². The summed E-state index contributed by atoms with van der Waals surface area (Å²) in [5, 5.41) is 0. The summed E-state index contributed by atoms with van der Waals surface area (Å²) in [5.74, 6) is -0.281. The maximum absolute atomic E-state index is 12.1. The first-order chi connectivity index (χ1) is 11.9. The van der Waals surface area contributed by atoms with Crippen molar-refractivity contribution in [1.82, 2.24) is 10.9 Å². The minimum atomic E-state index is -0.616. The van der Waals surface area contributed by atoms with Gasteiger partial charge in [-0.15, -0.1) is 0 Å². The summed E-state index contributed by atoms with van der Waals surface area (Å²) in [6.07, 6.45) is -0.616. The van der Waals surface area contributed by atoms with Crippen molar-refractivity contribution in [2.24, 2.45) is 0 Å². The van der Waals surface area contributed by atoms with Gasteiger partial charge in [0.15, 0.2) is 0 Å². The molecule has 1 rings (SSSR count). The molecule has 0 spiro atoms. The van der Waals surface area contributed by atoms with Crippen molar-refractivity contribution in [2.45, 2.75) is 58.7 Å². The SMILES string of the molecule is COC(=O)[C@H](CNNC(=O)OC(C)(C)C)c1ccc(OC(C)(C)C)cc1. The molecule has 1 aromatic carbocycles. The molecule has 0 aliphatic heterocycles. The molecule has 0 bridgehead atoms. The molecule has 0 fully saturated rings. The maximum atomic E-state index is 12.1. The molecule has 0 aliphatic carbocycles. The monoisotopic (exact) mass is 366 g/mol. The molecule has 146 valence electrons. The predicted octanol–water partition coefficient (Wildman–Crippen LogP) is 3.15. The third-order valence-electron chi connectivity index (χ3n) is 3.09. The average Bonchev–Trinajstić information content (AvgIpc) is 2.48. The van der Waals surface area contributed by atoms with E-state index in [2.05, 4.69) is 10.9 Å². The molecule has 1 amide bonds. The van der Waals surface area contributed by atoms with Crippen molar-refractivity contribution in [3.63, 3.8) is 0 Å². The van der Waals surface area contributed by atoms with Crippen LogP contribution in [0.2, 0.25) is 0 Å². The van der Waals surface area contributed by atoms with E-state index in [1.807, 2.05) is 20.8 Å². The molecule has 0 aliphatic rings. The third kappa shape index (κ3) is 8.20. The summed E-state index contributed by atoms with van der Waals surface area (Å²) < 4.78 is 15.8. The van der Waals surface area contributed by atoms with Crippen LogP contribution < -0.4 is 15.6 Å². The standard InChI is InChI=1S/C19H30N2O5/c1-18(2,3)25-14-10-8-13(9-11-14)15(16(22)24-7)12-20-21-17(23)26-19(4,5)6/h8-11,15,20H,12H2,1-7H3,(H,21,23)/t15-/m1/s1. The summed E-state index contributed by atoms with van der Waals surface area (Å²) in [5.41, 5.74) is 4.98. The molecule has 7 heteroatoms. The Morgan fingerprint density at radius 2 is 1.58 bits per heavy atom. The first kappa shape index (κ1) is 21.8. The van der Waals surface area contributed by atoms with Gasteiger partial charge >= 0.3 is 12.1 Å². The highest BCUT2D eigenvalue weighted by atomic mass is 16.6. The van der Waals surface area contributed by atoms with Gasteiger partial charge in [0, 0.05) is 6.54 Å². The van der Waals surface area contributed by atoms with Gasteiger partial charge in [0.05, 0.1) is 13.0 Å². The second-order valence-electron chi connectivity index (χ2n) is 7.87. The van der Waals surface area contributed by atoms with Crippen LogP contribution in [0.15, 0.2) is 24.3 Å². The first-order valence-electron chi connectivity index (χ1n) is 8.50. The average molecular weight is 366 g/mol. The van der Waals surface area contributed by atoms with Crippen molar-refractivity contribution in [3.05, 3.63) is 29.8 Å². The van der Waals surface area contributed by atoms with E-state index in [9.17, 15) is 9.59 Å². The van der Waals surface area contributed by atoms with Gasteiger partial charge in [0.2, 0.25) is 0 Å². The molecule has 0 heterocycles. The molecular formula is C19H30N2O5. The van der Waals surface area contributed by atoms with Gasteiger partial charge in [-0.3, -0.25) is 10.2 Å². The summed E-state index contributed by atoms with van der Waals surface area (Å²) in [6, 6.07) is 7.21. The van der Waals surface area contributed by atoms with Crippen LogP contribution in [0.5, 0.6) is 5.75 Å². The zero-order valence-electron chi connectivity index (χ0n) is 16.6. The van der Waals surface area contributed by atoms with Gasteiger partial charge in [-0.05, 0) is 59.2 Å². The van der Waals surface area contributed by atoms with Crippen LogP contribution in [0.25, 0.3) is 0 Å². The fourth-order valence-corrected chi connectivity index (χ4v) is 2.13. The van der Waals surface area contributed by atoms with Crippen LogP contribution in [0.4, 0.5) is 4.79 Å². The molecule has 1 atom stereocenters. The number of carbonyl (C=O) groups is 2. The lowest BCUT2D eigenvalue weighted by atomic mass is 9.99. The van der Waals surface area contributed by atoms with Crippen LogP contribution in [0, 0.1) is 0 Å². The molecule has 26 heavy (non-hydrogen) atoms. The number of ether oxygens (including phenoxy) is 3. The smallest absolute Gasteiger partial charge is 0.422 e. The zero-order valence-corrected chi connectivity index (χ0v) is 16.6. The zero-order chi connectivity index (χ0) is 20.0. The Morgan fingerprint density at radius 1 is 1.00 bits per heavy atom. The number of nitrogens with one attached hydrogen (secondary N) is 2. The van der Waals surface area contributed by atoms with E-state index in [1.165, 1.54) is 7.11 Å². The highest BCUT2D eigenvalue weighted by Gasteiger charge is 2.23. The Labute approximate surface area is 155 Å². The largest absolute Gasteiger partial charge is 0.488 e. The van der Waals surface area contributed by atoms with E-state index in [4.69, 9.17) is 14.2 Å². The van der Waals surface area contributed by atoms with E-state index in [0.717, 1.165) is 5.56 Å². The highest BCUT2D eigenvalue weighted by Crippen LogP contribution is 2.23. The molecule has 7 nitrogen and oxygen atoms in total. The fourth-order valence-electron chi connectivity index (χ4n) is 2.13. The maximum Gasteiger partial charge on any atom is 0.422 e. The summed E-state index contributed by atoms with van der Waals surface area (Å²) >= 11 is 0. The van der Waals surface area contributed by atoms with Gasteiger partial charge in [-0.1, -0.05) is 12.1 Å². The molecule has 0 saturated carbocycles. The van der Waals surface area contributed by atoms with Crippen LogP contribution in [-0.2, 0) is 14.3 Å². The lowest BCUT2D eigenvalue weighted by Gasteiger charge is -2.22. The predicted molar refractivity (Wildman–Crippen MR) is 99.0 cm³/mol. The molecule has 2 N–H and O–H groups in total. The lowest BCUT2D eigenvalue weighted by molar-refractivity contribution is -0.142. The van der Waals surface area contributed by atoms with Crippen LogP contribution in [-0.4, -0.2) is 36.9 Å². The molecule has 0 aromatic heterocycles. The van der Waals surface area contributed by atoms with Gasteiger partial charge < -0.3 is 14.2 Å². The van der Waals surface area contributed by atoms with Gasteiger partial charge in [-0.25, -0.2) is 10.2 Å². The molecule has 0 saturated heterocycles. The summed E-state index contributed by atoms with van der Waals surface area (Å²) in [7, 11) is 1.33. The second-order valence-corrected chi connectivity index (χ2v) is 7.87. The van der Waals surface area contributed by atoms with E-state index in [0.29, 0.717) is 5.75 Å². The quantitative estimate of drug-likeness (QED) is 0.594. The number of benzene rings is 1. The Hall–Kier alpha value is -2.28. The number of carbonyl (C=O) groups excluding carboxylic acids is 2. The van der Waals surface area contributed by atoms with Crippen molar-refractivity contribution < 1.29 is 23.8 Å². The first-order valence-corrected chi connectivity index (χ1v) is 8.50. The van der Waals surface area contributed by atoms with Crippen LogP contribution in [0.1, 0.15) is 53.0 Å². The second kappa shape index (κ2) is 8.89. The van der Waals surface area contributed by atoms with Crippen molar-refractivity contribution in [3.8, 4) is 5.75 Å². The van der Waals surface area contributed by atoms with Crippen molar-refractivity contribution in [1.29, 1.82) is 0 Å². The number of hydrogen-bond acceptors (Lipinski definition) is 6. The Balaban J connectivity index is 2.72. The summed E-state index contributed by atoms with van der Waals surface area (Å²) in [4.78, 5) is 23.8. The van der Waals surface area contributed by atoms with E-state index in [1.54, 1.807) is 45.0 Å². The van der Waals surface area contributed by atoms with Crippen molar-refractivity contribution >= 4 is 12.1 Å². The number of methoxy groups -OCH3 is 1. The molecular weight excluding hydrogens is 336 g/mol. The lowest BCUT2D eigenvalue weighted by Crippen LogP contribution is -2.43. The van der Waals surface area contributed by atoms with Crippen molar-refractivity contribution in [2.75, 3.05) is 13.7 Å². The minimum Gasteiger partial charge on any atom is -0.488 e. The number of esters is 1. The van der Waals surface area contributed by atoms with Crippen LogP contribution >= 0.6 is 0 Å².